The number of pyridine rings is 1. The maximum Gasteiger partial charge on any atom is 0.239 e. The van der Waals surface area contributed by atoms with Crippen LogP contribution >= 0.6 is 0 Å². The smallest absolute Gasteiger partial charge is 0.239 e. The largest absolute Gasteiger partial charge is 0.479 e. The lowest BCUT2D eigenvalue weighted by Crippen LogP contribution is -2.13. The first kappa shape index (κ1) is 12.2. The van der Waals surface area contributed by atoms with E-state index in [2.05, 4.69) is 15.3 Å². The summed E-state index contributed by atoms with van der Waals surface area (Å²) in [6.45, 7) is 0.531. The Balaban J connectivity index is 2.23. The Morgan fingerprint density at radius 2 is 2.28 bits per heavy atom. The molecule has 0 aliphatic carbocycles. The van der Waals surface area contributed by atoms with Gasteiger partial charge in [0.15, 0.2) is 6.39 Å². The van der Waals surface area contributed by atoms with Crippen molar-refractivity contribution in [3.63, 3.8) is 0 Å². The number of anilines is 2. The van der Waals surface area contributed by atoms with E-state index in [0.717, 1.165) is 17.1 Å². The van der Waals surface area contributed by atoms with Crippen LogP contribution in [0.15, 0.2) is 29.3 Å². The molecule has 0 aliphatic heterocycles. The second-order valence-electron chi connectivity index (χ2n) is 3.93. The number of oxazole rings is 1. The minimum Gasteiger partial charge on any atom is -0.479 e. The number of hydrogen-bond acceptors (Lipinski definition) is 6. The van der Waals surface area contributed by atoms with Gasteiger partial charge >= 0.3 is 0 Å². The fraction of sp³-hybridized carbons (Fsp3) is 0.333. The molecule has 2 rings (SSSR count). The fourth-order valence-electron chi connectivity index (χ4n) is 1.63. The predicted molar refractivity (Wildman–Crippen MR) is 68.9 cm³/mol. The van der Waals surface area contributed by atoms with Crippen molar-refractivity contribution in [3.05, 3.63) is 30.6 Å². The zero-order valence-electron chi connectivity index (χ0n) is 10.7. The van der Waals surface area contributed by atoms with Gasteiger partial charge in [0.25, 0.3) is 0 Å². The van der Waals surface area contributed by atoms with Crippen LogP contribution in [0.4, 0.5) is 11.4 Å². The van der Waals surface area contributed by atoms with Gasteiger partial charge in [0.1, 0.15) is 11.4 Å². The van der Waals surface area contributed by atoms with Crippen molar-refractivity contribution in [2.45, 2.75) is 6.54 Å². The van der Waals surface area contributed by atoms with Gasteiger partial charge in [0.05, 0.1) is 25.5 Å². The van der Waals surface area contributed by atoms with E-state index in [1.807, 2.05) is 25.1 Å². The second kappa shape index (κ2) is 5.39. The van der Waals surface area contributed by atoms with Crippen molar-refractivity contribution in [3.8, 4) is 5.88 Å². The summed E-state index contributed by atoms with van der Waals surface area (Å²) in [6.07, 6.45) is 4.79. The van der Waals surface area contributed by atoms with Gasteiger partial charge in [-0.2, -0.15) is 0 Å². The Morgan fingerprint density at radius 3 is 2.89 bits per heavy atom. The van der Waals surface area contributed by atoms with E-state index in [1.54, 1.807) is 19.5 Å². The molecule has 0 atom stereocenters. The van der Waals surface area contributed by atoms with Crippen molar-refractivity contribution in [1.82, 2.24) is 9.97 Å². The zero-order valence-corrected chi connectivity index (χ0v) is 10.7. The highest BCUT2D eigenvalue weighted by Gasteiger charge is 2.12. The summed E-state index contributed by atoms with van der Waals surface area (Å²) < 4.78 is 10.4. The highest BCUT2D eigenvalue weighted by Crippen LogP contribution is 2.32. The number of aromatic nitrogens is 2. The second-order valence-corrected chi connectivity index (χ2v) is 3.93. The molecule has 2 aromatic heterocycles. The van der Waals surface area contributed by atoms with Crippen LogP contribution in [-0.4, -0.2) is 31.2 Å². The first-order chi connectivity index (χ1) is 8.72. The Morgan fingerprint density at radius 1 is 1.44 bits per heavy atom. The Hall–Kier alpha value is -2.24. The number of hydrogen-bond donors (Lipinski definition) is 1. The lowest BCUT2D eigenvalue weighted by atomic mass is 10.3. The van der Waals surface area contributed by atoms with Crippen LogP contribution in [0.2, 0.25) is 0 Å². The molecule has 0 radical (unpaired) electrons. The monoisotopic (exact) mass is 248 g/mol. The maximum atomic E-state index is 5.26. The molecule has 0 bridgehead atoms. The van der Waals surface area contributed by atoms with Crippen molar-refractivity contribution in [1.29, 1.82) is 0 Å². The van der Waals surface area contributed by atoms with Gasteiger partial charge in [-0.25, -0.2) is 9.97 Å². The van der Waals surface area contributed by atoms with E-state index >= 15 is 0 Å². The summed E-state index contributed by atoms with van der Waals surface area (Å²) in [5.74, 6) is 1.31. The highest BCUT2D eigenvalue weighted by atomic mass is 16.5. The lowest BCUT2D eigenvalue weighted by Gasteiger charge is -2.19. The van der Waals surface area contributed by atoms with Gasteiger partial charge < -0.3 is 19.4 Å². The van der Waals surface area contributed by atoms with Crippen LogP contribution in [0.3, 0.4) is 0 Å². The van der Waals surface area contributed by atoms with E-state index in [9.17, 15) is 0 Å². The topological polar surface area (TPSA) is 63.4 Å². The standard InChI is InChI=1S/C12H16N4O2/c1-16(2)10-4-5-14-12(17-3)11(10)15-7-9-6-13-8-18-9/h4-6,8,15H,7H2,1-3H3. The average Bonchev–Trinajstić information content (AvgIpc) is 2.88. The van der Waals surface area contributed by atoms with E-state index in [0.29, 0.717) is 12.4 Å². The number of methoxy groups -OCH3 is 1. The summed E-state index contributed by atoms with van der Waals surface area (Å²) in [6, 6.07) is 1.92. The minimum atomic E-state index is 0.531. The molecule has 2 aromatic rings. The normalized spacial score (nSPS) is 10.2. The third-order valence-corrected chi connectivity index (χ3v) is 2.49. The molecule has 18 heavy (non-hydrogen) atoms. The molecule has 0 aliphatic rings. The van der Waals surface area contributed by atoms with E-state index in [4.69, 9.17) is 9.15 Å². The minimum absolute atomic E-state index is 0.531. The Kier molecular flexibility index (Phi) is 3.66. The molecule has 6 nitrogen and oxygen atoms in total. The van der Waals surface area contributed by atoms with Crippen molar-refractivity contribution in [2.75, 3.05) is 31.4 Å². The summed E-state index contributed by atoms with van der Waals surface area (Å²) in [4.78, 5) is 10.0. The molecule has 1 N–H and O–H groups in total. The molecule has 0 fully saturated rings. The molecule has 2 heterocycles. The molecule has 0 saturated carbocycles. The lowest BCUT2D eigenvalue weighted by molar-refractivity contribution is 0.399. The summed E-state index contributed by atoms with van der Waals surface area (Å²) in [7, 11) is 5.53. The molecule has 96 valence electrons. The third-order valence-electron chi connectivity index (χ3n) is 2.49. The molecule has 0 spiro atoms. The van der Waals surface area contributed by atoms with Crippen molar-refractivity contribution in [2.24, 2.45) is 0 Å². The summed E-state index contributed by atoms with van der Waals surface area (Å²) in [5, 5.41) is 3.25. The molecular formula is C12H16N4O2. The summed E-state index contributed by atoms with van der Waals surface area (Å²) >= 11 is 0. The van der Waals surface area contributed by atoms with Gasteiger partial charge in [-0.15, -0.1) is 0 Å². The highest BCUT2D eigenvalue weighted by molar-refractivity contribution is 5.74. The van der Waals surface area contributed by atoms with Crippen LogP contribution in [-0.2, 0) is 6.54 Å². The first-order valence-electron chi connectivity index (χ1n) is 5.54. The van der Waals surface area contributed by atoms with Gasteiger partial charge in [-0.3, -0.25) is 0 Å². The number of nitrogens with one attached hydrogen (secondary N) is 1. The van der Waals surface area contributed by atoms with Crippen LogP contribution in [0, 0.1) is 0 Å². The number of ether oxygens (including phenoxy) is 1. The van der Waals surface area contributed by atoms with Crippen molar-refractivity contribution < 1.29 is 9.15 Å². The van der Waals surface area contributed by atoms with Crippen LogP contribution in [0.25, 0.3) is 0 Å². The molecule has 0 amide bonds. The molecular weight excluding hydrogens is 232 g/mol. The van der Waals surface area contributed by atoms with E-state index in [-0.39, 0.29) is 0 Å². The molecule has 6 heteroatoms. The fourth-order valence-corrected chi connectivity index (χ4v) is 1.63. The van der Waals surface area contributed by atoms with Crippen LogP contribution in [0.5, 0.6) is 5.88 Å². The molecule has 0 aromatic carbocycles. The Bertz CT molecular complexity index is 497. The molecule has 0 saturated heterocycles. The Labute approximate surface area is 106 Å². The first-order valence-corrected chi connectivity index (χ1v) is 5.54. The van der Waals surface area contributed by atoms with Gasteiger partial charge in [-0.1, -0.05) is 0 Å². The SMILES string of the molecule is COc1nccc(N(C)C)c1NCc1cnco1. The van der Waals surface area contributed by atoms with Gasteiger partial charge in [0.2, 0.25) is 5.88 Å². The quantitative estimate of drug-likeness (QED) is 0.869. The average molecular weight is 248 g/mol. The maximum absolute atomic E-state index is 5.26. The number of nitrogens with zero attached hydrogens (tertiary/aromatic N) is 3. The van der Waals surface area contributed by atoms with Gasteiger partial charge in [0, 0.05) is 20.3 Å². The molecule has 0 unspecified atom stereocenters. The van der Waals surface area contributed by atoms with Gasteiger partial charge in [-0.05, 0) is 6.07 Å². The van der Waals surface area contributed by atoms with Crippen LogP contribution in [0.1, 0.15) is 5.76 Å². The van der Waals surface area contributed by atoms with E-state index in [1.165, 1.54) is 6.39 Å². The van der Waals surface area contributed by atoms with Crippen LogP contribution < -0.4 is 15.0 Å². The zero-order chi connectivity index (χ0) is 13.0. The van der Waals surface area contributed by atoms with E-state index < -0.39 is 0 Å². The predicted octanol–water partition coefficient (Wildman–Crippen LogP) is 1.76. The van der Waals surface area contributed by atoms with Crippen molar-refractivity contribution >= 4 is 11.4 Å². The number of rotatable bonds is 5. The third kappa shape index (κ3) is 2.53. The summed E-state index contributed by atoms with van der Waals surface area (Å²) in [5.41, 5.74) is 1.84.